The monoisotopic (exact) mass is 453 g/mol. The minimum Gasteiger partial charge on any atom is -0.497 e. The Labute approximate surface area is 195 Å². The first-order valence-electron chi connectivity index (χ1n) is 11.2. The lowest BCUT2D eigenvalue weighted by molar-refractivity contribution is 0.122. The molecule has 0 unspecified atom stereocenters. The minimum absolute atomic E-state index is 0.115. The number of aromatic nitrogens is 2. The van der Waals surface area contributed by atoms with Crippen molar-refractivity contribution in [2.75, 3.05) is 38.3 Å². The number of ether oxygens (including phenoxy) is 2. The highest BCUT2D eigenvalue weighted by Crippen LogP contribution is 2.31. The van der Waals surface area contributed by atoms with E-state index in [1.54, 1.807) is 7.11 Å². The molecule has 8 heteroatoms. The smallest absolute Gasteiger partial charge is 0.196 e. The van der Waals surface area contributed by atoms with Crippen molar-refractivity contribution in [2.24, 2.45) is 10.2 Å². The molecule has 2 aliphatic rings. The van der Waals surface area contributed by atoms with Crippen LogP contribution in [-0.2, 0) is 4.74 Å². The molecular formula is C26H23N5O3. The lowest BCUT2D eigenvalue weighted by atomic mass is 10.1. The Balaban J connectivity index is 1.36. The van der Waals surface area contributed by atoms with E-state index in [1.165, 1.54) is 0 Å². The van der Waals surface area contributed by atoms with Crippen LogP contribution in [0.4, 0.5) is 11.5 Å². The van der Waals surface area contributed by atoms with Crippen molar-refractivity contribution in [3.05, 3.63) is 76.3 Å². The van der Waals surface area contributed by atoms with Crippen molar-refractivity contribution < 1.29 is 14.6 Å². The summed E-state index contributed by atoms with van der Waals surface area (Å²) in [4.78, 5) is 9.88. The van der Waals surface area contributed by atoms with E-state index in [1.807, 2.05) is 60.8 Å². The van der Waals surface area contributed by atoms with Gasteiger partial charge >= 0.3 is 0 Å². The van der Waals surface area contributed by atoms with Crippen LogP contribution in [0.15, 0.2) is 65.0 Å². The van der Waals surface area contributed by atoms with Crippen molar-refractivity contribution in [3.63, 3.8) is 0 Å². The van der Waals surface area contributed by atoms with Crippen molar-refractivity contribution in [1.82, 2.24) is 9.97 Å². The molecule has 0 radical (unpaired) electrons. The molecule has 0 spiro atoms. The number of pyridine rings is 1. The number of methoxy groups -OCH3 is 1. The second kappa shape index (κ2) is 8.31. The number of fused-ring (bicyclic) bond motifs is 2. The number of morpholine rings is 1. The summed E-state index contributed by atoms with van der Waals surface area (Å²) in [5.74, 6) is 1.79. The van der Waals surface area contributed by atoms with Crippen molar-refractivity contribution >= 4 is 34.2 Å². The first-order valence-corrected chi connectivity index (χ1v) is 11.2. The molecule has 0 saturated carbocycles. The lowest BCUT2D eigenvalue weighted by Crippen LogP contribution is -2.36. The highest BCUT2D eigenvalue weighted by atomic mass is 16.5. The predicted octanol–water partition coefficient (Wildman–Crippen LogP) is 3.20. The predicted molar refractivity (Wildman–Crippen MR) is 130 cm³/mol. The fraction of sp³-hybridized carbons (Fsp3) is 0.192. The number of H-pyrrole nitrogens is 1. The van der Waals surface area contributed by atoms with Crippen LogP contribution in [0, 0.1) is 0 Å². The second-order valence-corrected chi connectivity index (χ2v) is 8.27. The van der Waals surface area contributed by atoms with E-state index >= 15 is 0 Å². The van der Waals surface area contributed by atoms with Crippen LogP contribution in [0.3, 0.4) is 0 Å². The number of rotatable bonds is 4. The van der Waals surface area contributed by atoms with Gasteiger partial charge in [-0.25, -0.2) is 4.98 Å². The molecule has 0 amide bonds. The topological polar surface area (TPSA) is 95.3 Å². The molecule has 4 aromatic rings. The highest BCUT2D eigenvalue weighted by molar-refractivity contribution is 5.92. The number of nitrogens with one attached hydrogen (secondary N) is 1. The van der Waals surface area contributed by atoms with E-state index in [-0.39, 0.29) is 5.88 Å². The van der Waals surface area contributed by atoms with Gasteiger partial charge in [0, 0.05) is 46.5 Å². The molecule has 170 valence electrons. The zero-order valence-electron chi connectivity index (χ0n) is 18.7. The van der Waals surface area contributed by atoms with Crippen LogP contribution < -0.4 is 20.1 Å². The summed E-state index contributed by atoms with van der Waals surface area (Å²) in [6, 6.07) is 15.7. The highest BCUT2D eigenvalue weighted by Gasteiger charge is 2.15. The molecule has 2 aromatic heterocycles. The Hall–Kier alpha value is -4.17. The average Bonchev–Trinajstić information content (AvgIpc) is 3.44. The molecule has 2 aromatic carbocycles. The van der Waals surface area contributed by atoms with Crippen LogP contribution in [0.2, 0.25) is 0 Å². The SMILES string of the molecule is COc1ccc2[nH]c(O)c(C=c3ccc4c(c3)N=NC=4c3ccc(N4CCOCC4)nc3)c2c1. The van der Waals surface area contributed by atoms with Gasteiger partial charge in [-0.15, -0.1) is 10.2 Å². The molecular weight excluding hydrogens is 430 g/mol. The lowest BCUT2D eigenvalue weighted by Gasteiger charge is -2.27. The van der Waals surface area contributed by atoms with Gasteiger partial charge < -0.3 is 24.5 Å². The summed E-state index contributed by atoms with van der Waals surface area (Å²) in [7, 11) is 1.63. The summed E-state index contributed by atoms with van der Waals surface area (Å²) in [5.41, 5.74) is 4.07. The van der Waals surface area contributed by atoms with Gasteiger partial charge in [0.15, 0.2) is 5.88 Å². The quantitative estimate of drug-likeness (QED) is 0.495. The third-order valence-electron chi connectivity index (χ3n) is 6.23. The van der Waals surface area contributed by atoms with E-state index in [0.29, 0.717) is 5.56 Å². The zero-order valence-corrected chi connectivity index (χ0v) is 18.7. The maximum atomic E-state index is 10.5. The van der Waals surface area contributed by atoms with Crippen molar-refractivity contribution in [1.29, 1.82) is 0 Å². The van der Waals surface area contributed by atoms with Crippen LogP contribution in [0.25, 0.3) is 22.7 Å². The summed E-state index contributed by atoms with van der Waals surface area (Å²) < 4.78 is 10.8. The van der Waals surface area contributed by atoms with E-state index in [2.05, 4.69) is 25.1 Å². The summed E-state index contributed by atoms with van der Waals surface area (Å²) in [6.07, 6.45) is 3.78. The summed E-state index contributed by atoms with van der Waals surface area (Å²) in [5, 5.41) is 22.1. The van der Waals surface area contributed by atoms with Gasteiger partial charge in [-0.2, -0.15) is 0 Å². The third-order valence-corrected chi connectivity index (χ3v) is 6.23. The Morgan fingerprint density at radius 2 is 1.94 bits per heavy atom. The fourth-order valence-corrected chi connectivity index (χ4v) is 4.42. The maximum Gasteiger partial charge on any atom is 0.196 e. The molecule has 4 heterocycles. The molecule has 34 heavy (non-hydrogen) atoms. The first kappa shape index (κ1) is 20.4. The van der Waals surface area contributed by atoms with Gasteiger partial charge in [0.05, 0.1) is 26.0 Å². The molecule has 2 aliphatic heterocycles. The Bertz CT molecular complexity index is 1530. The molecule has 0 atom stereocenters. The minimum atomic E-state index is 0.115. The van der Waals surface area contributed by atoms with Gasteiger partial charge in [-0.1, -0.05) is 6.07 Å². The summed E-state index contributed by atoms with van der Waals surface area (Å²) >= 11 is 0. The third kappa shape index (κ3) is 3.58. The van der Waals surface area contributed by atoms with Gasteiger partial charge in [-0.3, -0.25) is 0 Å². The second-order valence-electron chi connectivity index (χ2n) is 8.27. The van der Waals surface area contributed by atoms with E-state index < -0.39 is 0 Å². The Kier molecular flexibility index (Phi) is 5.00. The fourth-order valence-electron chi connectivity index (χ4n) is 4.42. The molecule has 0 aliphatic carbocycles. The Morgan fingerprint density at radius 3 is 2.74 bits per heavy atom. The van der Waals surface area contributed by atoms with Crippen LogP contribution in [0.1, 0.15) is 11.1 Å². The first-order chi connectivity index (χ1) is 16.7. The number of hydrogen-bond donors (Lipinski definition) is 2. The van der Waals surface area contributed by atoms with Gasteiger partial charge in [0.2, 0.25) is 0 Å². The molecule has 0 bridgehead atoms. The maximum absolute atomic E-state index is 10.5. The number of aromatic hydroxyl groups is 1. The van der Waals surface area contributed by atoms with Crippen molar-refractivity contribution in [2.45, 2.75) is 0 Å². The normalized spacial score (nSPS) is 15.9. The average molecular weight is 454 g/mol. The van der Waals surface area contributed by atoms with E-state index in [0.717, 1.165) is 76.2 Å². The van der Waals surface area contributed by atoms with Gasteiger partial charge in [0.25, 0.3) is 0 Å². The number of anilines is 1. The molecule has 2 N–H and O–H groups in total. The zero-order chi connectivity index (χ0) is 23.1. The van der Waals surface area contributed by atoms with E-state index in [4.69, 9.17) is 9.47 Å². The van der Waals surface area contributed by atoms with Crippen LogP contribution in [0.5, 0.6) is 11.6 Å². The number of benzene rings is 2. The van der Waals surface area contributed by atoms with Gasteiger partial charge in [-0.05, 0) is 53.8 Å². The Morgan fingerprint density at radius 1 is 1.06 bits per heavy atom. The number of nitrogens with zero attached hydrogens (tertiary/aromatic N) is 4. The molecule has 1 fully saturated rings. The van der Waals surface area contributed by atoms with Crippen LogP contribution >= 0.6 is 0 Å². The van der Waals surface area contributed by atoms with E-state index in [9.17, 15) is 5.11 Å². The summed E-state index contributed by atoms with van der Waals surface area (Å²) in [6.45, 7) is 3.16. The molecule has 8 nitrogen and oxygen atoms in total. The number of azo groups is 1. The number of aromatic amines is 1. The van der Waals surface area contributed by atoms with Gasteiger partial charge in [0.1, 0.15) is 17.3 Å². The van der Waals surface area contributed by atoms with Crippen molar-refractivity contribution in [3.8, 4) is 11.6 Å². The largest absolute Gasteiger partial charge is 0.497 e. The molecule has 6 rings (SSSR count). The standard InChI is InChI=1S/C26H23N5O3/c1-33-18-4-6-22-20(14-18)21(26(32)28-22)12-16-2-5-19-23(13-16)29-30-25(19)17-3-7-24(27-15-17)31-8-10-34-11-9-31/h2-7,12-15,28,32H,8-11H2,1H3. The number of hydrogen-bond acceptors (Lipinski definition) is 7. The molecule has 1 saturated heterocycles. The van der Waals surface area contributed by atoms with Crippen LogP contribution in [-0.4, -0.2) is 48.5 Å².